The lowest BCUT2D eigenvalue weighted by atomic mass is 10.1. The third kappa shape index (κ3) is 2.42. The van der Waals surface area contributed by atoms with Crippen molar-refractivity contribution in [2.75, 3.05) is 48.3 Å². The second-order valence-corrected chi connectivity index (χ2v) is 6.90. The molecule has 6 heteroatoms. The smallest absolute Gasteiger partial charge is 0.232 e. The van der Waals surface area contributed by atoms with Crippen LogP contribution in [0, 0.1) is 0 Å². The summed E-state index contributed by atoms with van der Waals surface area (Å²) in [6, 6.07) is 6.05. The molecule has 0 N–H and O–H groups in total. The quantitative estimate of drug-likeness (QED) is 0.807. The molecule has 0 spiro atoms. The molecule has 0 saturated carbocycles. The molecule has 1 aromatic carbocycles. The first-order valence-corrected chi connectivity index (χ1v) is 8.34. The van der Waals surface area contributed by atoms with Crippen LogP contribution in [0.4, 0.5) is 11.4 Å². The van der Waals surface area contributed by atoms with E-state index in [4.69, 9.17) is 4.74 Å². The van der Waals surface area contributed by atoms with Crippen LogP contribution in [0.3, 0.4) is 0 Å². The number of fused-ring (bicyclic) bond motifs is 1. The van der Waals surface area contributed by atoms with Crippen LogP contribution in [0.15, 0.2) is 18.2 Å². The minimum Gasteiger partial charge on any atom is -0.378 e. The summed E-state index contributed by atoms with van der Waals surface area (Å²) in [6.45, 7) is 3.86. The van der Waals surface area contributed by atoms with Gasteiger partial charge in [-0.3, -0.25) is 4.31 Å². The van der Waals surface area contributed by atoms with Crippen LogP contribution in [0.5, 0.6) is 0 Å². The van der Waals surface area contributed by atoms with Crippen molar-refractivity contribution < 1.29 is 13.2 Å². The lowest BCUT2D eigenvalue weighted by molar-refractivity contribution is 0.122. The standard InChI is InChI=1S/C13H18N2O3S/c1-19(16,17)15-5-4-11-10-12(2-3-13(11)15)14-6-8-18-9-7-14/h2-3,10H,4-9H2,1H3. The van der Waals surface area contributed by atoms with E-state index in [1.807, 2.05) is 12.1 Å². The van der Waals surface area contributed by atoms with E-state index in [0.29, 0.717) is 6.54 Å². The van der Waals surface area contributed by atoms with E-state index in [1.165, 1.54) is 10.6 Å². The summed E-state index contributed by atoms with van der Waals surface area (Å²) >= 11 is 0. The van der Waals surface area contributed by atoms with Gasteiger partial charge in [-0.05, 0) is 30.2 Å². The molecule has 5 nitrogen and oxygen atoms in total. The van der Waals surface area contributed by atoms with Crippen molar-refractivity contribution in [3.8, 4) is 0 Å². The van der Waals surface area contributed by atoms with Gasteiger partial charge in [-0.15, -0.1) is 0 Å². The maximum atomic E-state index is 11.7. The molecular formula is C13H18N2O3S. The lowest BCUT2D eigenvalue weighted by Gasteiger charge is -2.29. The molecule has 0 radical (unpaired) electrons. The molecule has 2 aliphatic rings. The number of sulfonamides is 1. The molecule has 3 rings (SSSR count). The first-order valence-electron chi connectivity index (χ1n) is 6.49. The van der Waals surface area contributed by atoms with Gasteiger partial charge >= 0.3 is 0 Å². The van der Waals surface area contributed by atoms with Gasteiger partial charge in [0.2, 0.25) is 10.0 Å². The summed E-state index contributed by atoms with van der Waals surface area (Å²) in [5.41, 5.74) is 3.12. The number of anilines is 2. The Morgan fingerprint density at radius 1 is 1.16 bits per heavy atom. The molecule has 0 aliphatic carbocycles. The van der Waals surface area contributed by atoms with Crippen LogP contribution < -0.4 is 9.21 Å². The number of hydrogen-bond donors (Lipinski definition) is 0. The normalized spacial score (nSPS) is 19.6. The molecule has 0 unspecified atom stereocenters. The van der Waals surface area contributed by atoms with Crippen LogP contribution in [0.25, 0.3) is 0 Å². The van der Waals surface area contributed by atoms with E-state index in [1.54, 1.807) is 0 Å². The monoisotopic (exact) mass is 282 g/mol. The van der Waals surface area contributed by atoms with Crippen LogP contribution >= 0.6 is 0 Å². The molecule has 2 heterocycles. The highest BCUT2D eigenvalue weighted by Crippen LogP contribution is 2.33. The number of benzene rings is 1. The molecule has 2 aliphatic heterocycles. The van der Waals surface area contributed by atoms with Gasteiger partial charge in [0, 0.05) is 25.3 Å². The van der Waals surface area contributed by atoms with E-state index >= 15 is 0 Å². The molecule has 0 amide bonds. The van der Waals surface area contributed by atoms with Gasteiger partial charge in [-0.25, -0.2) is 8.42 Å². The molecule has 0 aromatic heterocycles. The van der Waals surface area contributed by atoms with Gasteiger partial charge in [0.05, 0.1) is 25.2 Å². The van der Waals surface area contributed by atoms with Gasteiger partial charge in [-0.1, -0.05) is 0 Å². The predicted molar refractivity (Wildman–Crippen MR) is 75.4 cm³/mol. The SMILES string of the molecule is CS(=O)(=O)N1CCc2cc(N3CCOCC3)ccc21. The summed E-state index contributed by atoms with van der Waals surface area (Å²) in [4.78, 5) is 2.28. The Morgan fingerprint density at radius 3 is 2.58 bits per heavy atom. The molecule has 104 valence electrons. The molecule has 1 aromatic rings. The predicted octanol–water partition coefficient (Wildman–Crippen LogP) is 0.845. The summed E-state index contributed by atoms with van der Waals surface area (Å²) in [5.74, 6) is 0. The number of rotatable bonds is 2. The Bertz CT molecular complexity index is 580. The second kappa shape index (κ2) is 4.68. The van der Waals surface area contributed by atoms with Gasteiger partial charge < -0.3 is 9.64 Å². The van der Waals surface area contributed by atoms with Crippen LogP contribution in [0.2, 0.25) is 0 Å². The minimum atomic E-state index is -3.15. The van der Waals surface area contributed by atoms with Crippen LogP contribution in [-0.2, 0) is 21.2 Å². The van der Waals surface area contributed by atoms with Crippen LogP contribution in [0.1, 0.15) is 5.56 Å². The Labute approximate surface area is 113 Å². The zero-order valence-corrected chi connectivity index (χ0v) is 11.8. The highest BCUT2D eigenvalue weighted by molar-refractivity contribution is 7.92. The molecule has 19 heavy (non-hydrogen) atoms. The number of ether oxygens (including phenoxy) is 1. The second-order valence-electron chi connectivity index (χ2n) is 5.00. The first-order chi connectivity index (χ1) is 9.05. The van der Waals surface area contributed by atoms with Crippen molar-refractivity contribution in [2.24, 2.45) is 0 Å². The van der Waals surface area contributed by atoms with Crippen molar-refractivity contribution in [1.29, 1.82) is 0 Å². The van der Waals surface area contributed by atoms with E-state index < -0.39 is 10.0 Å². The van der Waals surface area contributed by atoms with E-state index in [-0.39, 0.29) is 0 Å². The van der Waals surface area contributed by atoms with Crippen molar-refractivity contribution in [3.63, 3.8) is 0 Å². The van der Waals surface area contributed by atoms with E-state index in [9.17, 15) is 8.42 Å². The Kier molecular flexibility index (Phi) is 3.14. The van der Waals surface area contributed by atoms with Crippen molar-refractivity contribution in [2.45, 2.75) is 6.42 Å². The highest BCUT2D eigenvalue weighted by atomic mass is 32.2. The fraction of sp³-hybridized carbons (Fsp3) is 0.538. The first kappa shape index (κ1) is 12.7. The minimum absolute atomic E-state index is 0.556. The summed E-state index contributed by atoms with van der Waals surface area (Å²) < 4.78 is 30.2. The summed E-state index contributed by atoms with van der Waals surface area (Å²) in [6.07, 6.45) is 2.05. The third-order valence-corrected chi connectivity index (χ3v) is 4.87. The molecule has 1 fully saturated rings. The Balaban J connectivity index is 1.89. The topological polar surface area (TPSA) is 49.9 Å². The lowest BCUT2D eigenvalue weighted by Crippen LogP contribution is -2.36. The zero-order chi connectivity index (χ0) is 13.5. The van der Waals surface area contributed by atoms with Crippen molar-refractivity contribution in [3.05, 3.63) is 23.8 Å². The maximum absolute atomic E-state index is 11.7. The van der Waals surface area contributed by atoms with Gasteiger partial charge in [-0.2, -0.15) is 0 Å². The Morgan fingerprint density at radius 2 is 1.89 bits per heavy atom. The number of hydrogen-bond acceptors (Lipinski definition) is 4. The van der Waals surface area contributed by atoms with Gasteiger partial charge in [0.25, 0.3) is 0 Å². The summed E-state index contributed by atoms with van der Waals surface area (Å²) in [7, 11) is -3.15. The third-order valence-electron chi connectivity index (χ3n) is 3.69. The highest BCUT2D eigenvalue weighted by Gasteiger charge is 2.26. The van der Waals surface area contributed by atoms with Gasteiger partial charge in [0.1, 0.15) is 0 Å². The van der Waals surface area contributed by atoms with Crippen molar-refractivity contribution in [1.82, 2.24) is 0 Å². The zero-order valence-electron chi connectivity index (χ0n) is 11.0. The Hall–Kier alpha value is -1.27. The number of nitrogens with zero attached hydrogens (tertiary/aromatic N) is 2. The fourth-order valence-corrected chi connectivity index (χ4v) is 3.68. The van der Waals surface area contributed by atoms with Crippen molar-refractivity contribution >= 4 is 21.4 Å². The molecule has 0 atom stereocenters. The maximum Gasteiger partial charge on any atom is 0.232 e. The van der Waals surface area contributed by atoms with E-state index in [2.05, 4.69) is 11.0 Å². The summed E-state index contributed by atoms with van der Waals surface area (Å²) in [5, 5.41) is 0. The fourth-order valence-electron chi connectivity index (χ4n) is 2.72. The average Bonchev–Trinajstić information content (AvgIpc) is 2.82. The van der Waals surface area contributed by atoms with Gasteiger partial charge in [0.15, 0.2) is 0 Å². The van der Waals surface area contributed by atoms with Crippen LogP contribution in [-0.4, -0.2) is 47.5 Å². The largest absolute Gasteiger partial charge is 0.378 e. The molecular weight excluding hydrogens is 264 g/mol. The van der Waals surface area contributed by atoms with E-state index in [0.717, 1.165) is 49.7 Å². The molecule has 1 saturated heterocycles. The average molecular weight is 282 g/mol. The molecule has 0 bridgehead atoms. The number of morpholine rings is 1.